The predicted molar refractivity (Wildman–Crippen MR) is 91.8 cm³/mol. The summed E-state index contributed by atoms with van der Waals surface area (Å²) in [4.78, 5) is 11.7. The summed E-state index contributed by atoms with van der Waals surface area (Å²) < 4.78 is 15.3. The Morgan fingerprint density at radius 3 is 2.32 bits per heavy atom. The summed E-state index contributed by atoms with van der Waals surface area (Å²) in [5.74, 6) is -0.364. The molecule has 0 saturated carbocycles. The van der Waals surface area contributed by atoms with Gasteiger partial charge in [0, 0.05) is 13.5 Å². The number of aliphatic hydroxyl groups is 3. The minimum Gasteiger partial charge on any atom is -0.463 e. The molecule has 0 aliphatic carbocycles. The van der Waals surface area contributed by atoms with E-state index in [2.05, 4.69) is 6.58 Å². The van der Waals surface area contributed by atoms with Crippen molar-refractivity contribution in [3.8, 4) is 0 Å². The highest BCUT2D eigenvalue weighted by atomic mass is 16.7. The van der Waals surface area contributed by atoms with Crippen molar-refractivity contribution >= 4 is 5.97 Å². The van der Waals surface area contributed by atoms with Crippen molar-refractivity contribution in [1.29, 1.82) is 0 Å². The Morgan fingerprint density at radius 1 is 1.04 bits per heavy atom. The molecule has 0 bridgehead atoms. The second-order valence-electron chi connectivity index (χ2n) is 6.38. The molecule has 3 N–H and O–H groups in total. The number of methoxy groups -OCH3 is 1. The van der Waals surface area contributed by atoms with Crippen molar-refractivity contribution in [1.82, 2.24) is 0 Å². The zero-order valence-corrected chi connectivity index (χ0v) is 15.0. The van der Waals surface area contributed by atoms with Crippen LogP contribution in [0.2, 0.25) is 0 Å². The fourth-order valence-corrected chi connectivity index (χ4v) is 2.76. The maximum Gasteiger partial charge on any atom is 0.305 e. The Morgan fingerprint density at radius 2 is 1.68 bits per heavy atom. The van der Waals surface area contributed by atoms with Gasteiger partial charge in [-0.25, -0.2) is 0 Å². The number of carbonyl (C=O) groups is 1. The standard InChI is InChI=1S/C18H32O7/c1-3-4-5-6-7-8-9-10-11-14(19)24-12-13-15(20)16(21)17(22)18(23-2)25-13/h3,13,15-18,20-22H,1,4-12H2,2H3/t13-,15-,16+,17-,18+/m1/s1. The van der Waals surface area contributed by atoms with E-state index in [0.717, 1.165) is 38.5 Å². The van der Waals surface area contributed by atoms with Crippen LogP contribution in [-0.4, -0.2) is 65.7 Å². The van der Waals surface area contributed by atoms with Crippen LogP contribution in [0, 0.1) is 0 Å². The molecule has 0 aromatic carbocycles. The van der Waals surface area contributed by atoms with Gasteiger partial charge >= 0.3 is 5.97 Å². The van der Waals surface area contributed by atoms with Crippen LogP contribution in [-0.2, 0) is 19.0 Å². The van der Waals surface area contributed by atoms with E-state index in [-0.39, 0.29) is 12.6 Å². The lowest BCUT2D eigenvalue weighted by Crippen LogP contribution is -2.59. The Labute approximate surface area is 149 Å². The van der Waals surface area contributed by atoms with E-state index in [0.29, 0.717) is 6.42 Å². The fourth-order valence-electron chi connectivity index (χ4n) is 2.76. The van der Waals surface area contributed by atoms with Gasteiger partial charge in [0.15, 0.2) is 6.29 Å². The van der Waals surface area contributed by atoms with E-state index < -0.39 is 30.7 Å². The first-order chi connectivity index (χ1) is 12.0. The molecule has 0 spiro atoms. The van der Waals surface area contributed by atoms with Crippen LogP contribution in [0.1, 0.15) is 51.4 Å². The Kier molecular flexibility index (Phi) is 10.9. The van der Waals surface area contributed by atoms with Gasteiger partial charge < -0.3 is 29.5 Å². The van der Waals surface area contributed by atoms with Crippen molar-refractivity contribution in [3.63, 3.8) is 0 Å². The maximum absolute atomic E-state index is 11.7. The summed E-state index contributed by atoms with van der Waals surface area (Å²) in [6, 6.07) is 0. The molecule has 25 heavy (non-hydrogen) atoms. The van der Waals surface area contributed by atoms with Crippen LogP contribution in [0.25, 0.3) is 0 Å². The zero-order chi connectivity index (χ0) is 18.7. The predicted octanol–water partition coefficient (Wildman–Crippen LogP) is 1.29. The maximum atomic E-state index is 11.7. The van der Waals surface area contributed by atoms with Gasteiger partial charge in [0.2, 0.25) is 0 Å². The fraction of sp³-hybridized carbons (Fsp3) is 0.833. The van der Waals surface area contributed by atoms with Crippen molar-refractivity contribution in [2.45, 2.75) is 82.1 Å². The lowest BCUT2D eigenvalue weighted by molar-refractivity contribution is -0.295. The molecule has 7 nitrogen and oxygen atoms in total. The van der Waals surface area contributed by atoms with Gasteiger partial charge in [0.05, 0.1) is 0 Å². The van der Waals surface area contributed by atoms with Gasteiger partial charge in [-0.15, -0.1) is 6.58 Å². The lowest BCUT2D eigenvalue weighted by Gasteiger charge is -2.39. The van der Waals surface area contributed by atoms with Gasteiger partial charge in [-0.2, -0.15) is 0 Å². The molecule has 1 rings (SSSR count). The summed E-state index contributed by atoms with van der Waals surface area (Å²) in [5.41, 5.74) is 0. The molecular weight excluding hydrogens is 328 g/mol. The second-order valence-corrected chi connectivity index (χ2v) is 6.38. The molecule has 1 saturated heterocycles. The van der Waals surface area contributed by atoms with Gasteiger partial charge in [-0.05, 0) is 19.3 Å². The summed E-state index contributed by atoms with van der Waals surface area (Å²) in [7, 11) is 1.32. The summed E-state index contributed by atoms with van der Waals surface area (Å²) >= 11 is 0. The van der Waals surface area contributed by atoms with Crippen molar-refractivity contribution in [3.05, 3.63) is 12.7 Å². The highest BCUT2D eigenvalue weighted by Crippen LogP contribution is 2.22. The first kappa shape index (κ1) is 22.1. The number of ether oxygens (including phenoxy) is 3. The van der Waals surface area contributed by atoms with Gasteiger partial charge in [-0.1, -0.05) is 31.8 Å². The van der Waals surface area contributed by atoms with Crippen molar-refractivity contribution in [2.75, 3.05) is 13.7 Å². The molecule has 146 valence electrons. The van der Waals surface area contributed by atoms with Crippen LogP contribution < -0.4 is 0 Å². The molecule has 1 aliphatic heterocycles. The Balaban J connectivity index is 2.15. The molecule has 1 heterocycles. The van der Waals surface area contributed by atoms with E-state index in [1.807, 2.05) is 6.08 Å². The molecule has 5 atom stereocenters. The average Bonchev–Trinajstić information content (AvgIpc) is 2.61. The first-order valence-corrected chi connectivity index (χ1v) is 9.00. The summed E-state index contributed by atoms with van der Waals surface area (Å²) in [6.45, 7) is 3.50. The van der Waals surface area contributed by atoms with Gasteiger partial charge in [0.1, 0.15) is 31.0 Å². The second kappa shape index (κ2) is 12.4. The van der Waals surface area contributed by atoms with E-state index in [9.17, 15) is 20.1 Å². The minimum absolute atomic E-state index is 0.189. The SMILES string of the molecule is C=CCCCCCCCCC(=O)OC[C@H]1O[C@H](OC)[C@H](O)[C@@H](O)[C@@H]1O. The van der Waals surface area contributed by atoms with Crippen molar-refractivity contribution in [2.24, 2.45) is 0 Å². The Hall–Kier alpha value is -0.990. The van der Waals surface area contributed by atoms with Gasteiger partial charge in [-0.3, -0.25) is 4.79 Å². The van der Waals surface area contributed by atoms with Gasteiger partial charge in [0.25, 0.3) is 0 Å². The number of carbonyl (C=O) groups excluding carboxylic acids is 1. The number of allylic oxidation sites excluding steroid dienone is 1. The topological polar surface area (TPSA) is 105 Å². The third-order valence-corrected chi connectivity index (χ3v) is 4.35. The molecule has 0 amide bonds. The van der Waals surface area contributed by atoms with Crippen LogP contribution in [0.3, 0.4) is 0 Å². The van der Waals surface area contributed by atoms with Crippen LogP contribution in [0.4, 0.5) is 0 Å². The molecule has 0 aromatic rings. The number of hydrogen-bond donors (Lipinski definition) is 3. The smallest absolute Gasteiger partial charge is 0.305 e. The average molecular weight is 360 g/mol. The third kappa shape index (κ3) is 7.83. The quantitative estimate of drug-likeness (QED) is 0.274. The van der Waals surface area contributed by atoms with E-state index in [1.165, 1.54) is 13.5 Å². The zero-order valence-electron chi connectivity index (χ0n) is 15.0. The van der Waals surface area contributed by atoms with Crippen LogP contribution in [0.5, 0.6) is 0 Å². The highest BCUT2D eigenvalue weighted by molar-refractivity contribution is 5.69. The molecule has 1 aliphatic rings. The number of unbranched alkanes of at least 4 members (excludes halogenated alkanes) is 6. The van der Waals surface area contributed by atoms with E-state index in [4.69, 9.17) is 14.2 Å². The van der Waals surface area contributed by atoms with Crippen LogP contribution >= 0.6 is 0 Å². The highest BCUT2D eigenvalue weighted by Gasteiger charge is 2.44. The number of rotatable bonds is 12. The monoisotopic (exact) mass is 360 g/mol. The number of esters is 1. The van der Waals surface area contributed by atoms with Crippen molar-refractivity contribution < 1.29 is 34.3 Å². The molecule has 0 unspecified atom stereocenters. The van der Waals surface area contributed by atoms with E-state index in [1.54, 1.807) is 0 Å². The largest absolute Gasteiger partial charge is 0.463 e. The van der Waals surface area contributed by atoms with E-state index >= 15 is 0 Å². The summed E-state index contributed by atoms with van der Waals surface area (Å²) in [6.07, 6.45) is 3.52. The number of aliphatic hydroxyl groups excluding tert-OH is 3. The minimum atomic E-state index is -1.41. The number of hydrogen-bond acceptors (Lipinski definition) is 7. The first-order valence-electron chi connectivity index (χ1n) is 9.00. The molecule has 7 heteroatoms. The van der Waals surface area contributed by atoms with Crippen LogP contribution in [0.15, 0.2) is 12.7 Å². The Bertz CT molecular complexity index is 386. The molecule has 1 fully saturated rings. The molecule has 0 aromatic heterocycles. The molecular formula is C18H32O7. The third-order valence-electron chi connectivity index (χ3n) is 4.35. The normalized spacial score (nSPS) is 29.4. The molecule has 0 radical (unpaired) electrons. The lowest BCUT2D eigenvalue weighted by atomic mass is 9.99. The summed E-state index contributed by atoms with van der Waals surface area (Å²) in [5, 5.41) is 29.3.